The number of furan rings is 1. The number of hydrogen-bond donors (Lipinski definition) is 1. The van der Waals surface area contributed by atoms with Crippen LogP contribution >= 0.6 is 27.5 Å². The summed E-state index contributed by atoms with van der Waals surface area (Å²) in [5, 5.41) is 4.26. The van der Waals surface area contributed by atoms with Crippen LogP contribution in [0.3, 0.4) is 0 Å². The van der Waals surface area contributed by atoms with E-state index in [0.29, 0.717) is 22.8 Å². The van der Waals surface area contributed by atoms with Gasteiger partial charge < -0.3 is 14.3 Å². The standard InChI is InChI=1S/C22H16BrClN2O3/c1-13-17-10-15(23)6-8-19(17)29-21(13)22(28)25-16-7-9-20(27)26(12-16)11-14-4-2-3-5-18(14)24/h2-10,12H,11H2,1H3,(H,25,28). The van der Waals surface area contributed by atoms with Gasteiger partial charge in [-0.25, -0.2) is 0 Å². The minimum atomic E-state index is -0.377. The van der Waals surface area contributed by atoms with Crippen molar-refractivity contribution >= 4 is 50.1 Å². The quantitative estimate of drug-likeness (QED) is 0.420. The maximum Gasteiger partial charge on any atom is 0.291 e. The van der Waals surface area contributed by atoms with E-state index in [1.54, 1.807) is 18.3 Å². The van der Waals surface area contributed by atoms with E-state index in [1.807, 2.05) is 43.3 Å². The largest absolute Gasteiger partial charge is 0.451 e. The molecule has 0 aliphatic carbocycles. The molecular weight excluding hydrogens is 456 g/mol. The first-order valence-electron chi connectivity index (χ1n) is 8.86. The fourth-order valence-corrected chi connectivity index (χ4v) is 3.69. The zero-order valence-corrected chi connectivity index (χ0v) is 17.8. The van der Waals surface area contributed by atoms with Gasteiger partial charge in [0.2, 0.25) is 0 Å². The van der Waals surface area contributed by atoms with Crippen LogP contribution in [0.2, 0.25) is 5.02 Å². The third kappa shape index (κ3) is 3.99. The highest BCUT2D eigenvalue weighted by Gasteiger charge is 2.18. The molecule has 0 atom stereocenters. The Labute approximate surface area is 180 Å². The van der Waals surface area contributed by atoms with Crippen molar-refractivity contribution in [3.8, 4) is 0 Å². The summed E-state index contributed by atoms with van der Waals surface area (Å²) in [6.45, 7) is 2.14. The molecule has 0 aliphatic heterocycles. The van der Waals surface area contributed by atoms with Crippen LogP contribution in [-0.4, -0.2) is 10.5 Å². The molecule has 7 heteroatoms. The van der Waals surface area contributed by atoms with Gasteiger partial charge in [0.15, 0.2) is 5.76 Å². The second-order valence-electron chi connectivity index (χ2n) is 6.63. The van der Waals surface area contributed by atoms with Gasteiger partial charge in [0.25, 0.3) is 11.5 Å². The predicted molar refractivity (Wildman–Crippen MR) is 118 cm³/mol. The van der Waals surface area contributed by atoms with Crippen molar-refractivity contribution in [3.63, 3.8) is 0 Å². The molecule has 0 saturated carbocycles. The van der Waals surface area contributed by atoms with Gasteiger partial charge in [-0.3, -0.25) is 9.59 Å². The van der Waals surface area contributed by atoms with E-state index in [4.69, 9.17) is 16.0 Å². The Bertz CT molecular complexity index is 1290. The molecule has 4 aromatic rings. The van der Waals surface area contributed by atoms with E-state index in [-0.39, 0.29) is 17.2 Å². The zero-order chi connectivity index (χ0) is 20.5. The van der Waals surface area contributed by atoms with E-state index in [1.165, 1.54) is 10.6 Å². The highest BCUT2D eigenvalue weighted by atomic mass is 79.9. The number of aryl methyl sites for hydroxylation is 1. The lowest BCUT2D eigenvalue weighted by atomic mass is 10.1. The monoisotopic (exact) mass is 470 g/mol. The van der Waals surface area contributed by atoms with Crippen LogP contribution in [0.1, 0.15) is 21.7 Å². The SMILES string of the molecule is Cc1c(C(=O)Nc2ccc(=O)n(Cc3ccccc3Cl)c2)oc2ccc(Br)cc12. The van der Waals surface area contributed by atoms with Crippen molar-refractivity contribution in [2.45, 2.75) is 13.5 Å². The molecule has 146 valence electrons. The minimum Gasteiger partial charge on any atom is -0.451 e. The Hall–Kier alpha value is -2.83. The lowest BCUT2D eigenvalue weighted by Crippen LogP contribution is -2.21. The summed E-state index contributed by atoms with van der Waals surface area (Å²) >= 11 is 9.63. The molecule has 5 nitrogen and oxygen atoms in total. The van der Waals surface area contributed by atoms with Gasteiger partial charge in [-0.1, -0.05) is 45.7 Å². The minimum absolute atomic E-state index is 0.187. The second-order valence-corrected chi connectivity index (χ2v) is 7.95. The molecule has 0 bridgehead atoms. The normalized spacial score (nSPS) is 11.0. The van der Waals surface area contributed by atoms with Gasteiger partial charge in [0, 0.05) is 32.7 Å². The van der Waals surface area contributed by atoms with E-state index in [0.717, 1.165) is 21.0 Å². The zero-order valence-electron chi connectivity index (χ0n) is 15.4. The number of pyridine rings is 1. The highest BCUT2D eigenvalue weighted by molar-refractivity contribution is 9.10. The maximum atomic E-state index is 12.8. The number of rotatable bonds is 4. The van der Waals surface area contributed by atoms with Crippen LogP contribution in [0, 0.1) is 6.92 Å². The Morgan fingerprint density at radius 2 is 1.97 bits per heavy atom. The Balaban J connectivity index is 1.61. The molecule has 2 heterocycles. The topological polar surface area (TPSA) is 64.2 Å². The molecule has 0 radical (unpaired) electrons. The van der Waals surface area contributed by atoms with Crippen LogP contribution in [-0.2, 0) is 6.54 Å². The summed E-state index contributed by atoms with van der Waals surface area (Å²) in [4.78, 5) is 25.0. The van der Waals surface area contributed by atoms with E-state index >= 15 is 0 Å². The number of fused-ring (bicyclic) bond motifs is 1. The van der Waals surface area contributed by atoms with E-state index in [2.05, 4.69) is 21.2 Å². The number of benzene rings is 2. The first-order valence-corrected chi connectivity index (χ1v) is 10.0. The van der Waals surface area contributed by atoms with Gasteiger partial charge in [-0.05, 0) is 42.8 Å². The van der Waals surface area contributed by atoms with Crippen molar-refractivity contribution in [2.75, 3.05) is 5.32 Å². The lowest BCUT2D eigenvalue weighted by molar-refractivity contribution is 0.0998. The van der Waals surface area contributed by atoms with Crippen molar-refractivity contribution < 1.29 is 9.21 Å². The molecule has 0 unspecified atom stereocenters. The number of nitrogens with one attached hydrogen (secondary N) is 1. The molecule has 0 aliphatic rings. The molecule has 0 saturated heterocycles. The molecule has 29 heavy (non-hydrogen) atoms. The molecule has 2 aromatic carbocycles. The Kier molecular flexibility index (Phi) is 5.30. The van der Waals surface area contributed by atoms with E-state index in [9.17, 15) is 9.59 Å². The predicted octanol–water partition coefficient (Wildman–Crippen LogP) is 5.62. The molecule has 2 aromatic heterocycles. The smallest absolute Gasteiger partial charge is 0.291 e. The summed E-state index contributed by atoms with van der Waals surface area (Å²) < 4.78 is 8.14. The average molecular weight is 472 g/mol. The summed E-state index contributed by atoms with van der Waals surface area (Å²) in [5.74, 6) is -0.139. The third-order valence-corrected chi connectivity index (χ3v) is 5.51. The second kappa shape index (κ2) is 7.89. The van der Waals surface area contributed by atoms with Crippen molar-refractivity contribution in [3.05, 3.63) is 97.5 Å². The summed E-state index contributed by atoms with van der Waals surface area (Å²) in [7, 11) is 0. The fraction of sp³-hybridized carbons (Fsp3) is 0.0909. The first-order chi connectivity index (χ1) is 13.9. The number of nitrogens with zero attached hydrogens (tertiary/aromatic N) is 1. The summed E-state index contributed by atoms with van der Waals surface area (Å²) in [6, 6.07) is 15.9. The number of aromatic nitrogens is 1. The molecule has 0 fully saturated rings. The number of amides is 1. The number of halogens is 2. The molecule has 4 rings (SSSR count). The fourth-order valence-electron chi connectivity index (χ4n) is 3.14. The van der Waals surface area contributed by atoms with Gasteiger partial charge in [0.05, 0.1) is 12.2 Å². The van der Waals surface area contributed by atoms with Crippen LogP contribution in [0.25, 0.3) is 11.0 Å². The molecule has 1 N–H and O–H groups in total. The van der Waals surface area contributed by atoms with E-state index < -0.39 is 0 Å². The van der Waals surface area contributed by atoms with Crippen molar-refractivity contribution in [1.82, 2.24) is 4.57 Å². The summed E-state index contributed by atoms with van der Waals surface area (Å²) in [6.07, 6.45) is 1.60. The van der Waals surface area contributed by atoms with Gasteiger partial charge in [-0.2, -0.15) is 0 Å². The van der Waals surface area contributed by atoms with Gasteiger partial charge in [-0.15, -0.1) is 0 Å². The molecule has 0 spiro atoms. The van der Waals surface area contributed by atoms with Gasteiger partial charge >= 0.3 is 0 Å². The average Bonchev–Trinajstić information content (AvgIpc) is 3.02. The van der Waals surface area contributed by atoms with Crippen LogP contribution in [0.15, 0.2) is 74.5 Å². The number of hydrogen-bond acceptors (Lipinski definition) is 3. The lowest BCUT2D eigenvalue weighted by Gasteiger charge is -2.10. The summed E-state index contributed by atoms with van der Waals surface area (Å²) in [5.41, 5.74) is 2.51. The van der Waals surface area contributed by atoms with Crippen LogP contribution < -0.4 is 10.9 Å². The van der Waals surface area contributed by atoms with Crippen LogP contribution in [0.5, 0.6) is 0 Å². The Morgan fingerprint density at radius 1 is 1.17 bits per heavy atom. The van der Waals surface area contributed by atoms with Crippen molar-refractivity contribution in [1.29, 1.82) is 0 Å². The Morgan fingerprint density at radius 3 is 2.76 bits per heavy atom. The van der Waals surface area contributed by atoms with Gasteiger partial charge in [0.1, 0.15) is 5.58 Å². The molecule has 1 amide bonds. The first kappa shape index (κ1) is 19.5. The maximum absolute atomic E-state index is 12.8. The number of carbonyl (C=O) groups is 1. The van der Waals surface area contributed by atoms with Crippen molar-refractivity contribution in [2.24, 2.45) is 0 Å². The highest BCUT2D eigenvalue weighted by Crippen LogP contribution is 2.28. The molecular formula is C22H16BrClN2O3. The third-order valence-electron chi connectivity index (χ3n) is 4.64. The number of carbonyl (C=O) groups excluding carboxylic acids is 1. The number of anilines is 1. The van der Waals surface area contributed by atoms with Crippen LogP contribution in [0.4, 0.5) is 5.69 Å².